The van der Waals surface area contributed by atoms with Crippen LogP contribution in [0.3, 0.4) is 0 Å². The highest BCUT2D eigenvalue weighted by molar-refractivity contribution is 7.15. The molecule has 0 bridgehead atoms. The summed E-state index contributed by atoms with van der Waals surface area (Å²) in [6.45, 7) is 1.93. The fourth-order valence-corrected chi connectivity index (χ4v) is 2.73. The molecule has 0 aliphatic heterocycles. The summed E-state index contributed by atoms with van der Waals surface area (Å²) in [6.07, 6.45) is 1.76. The number of thiazole rings is 1. The van der Waals surface area contributed by atoms with Gasteiger partial charge in [-0.05, 0) is 24.6 Å². The number of rotatable bonds is 2. The number of nitrogen functional groups attached to an aromatic ring is 1. The van der Waals surface area contributed by atoms with Crippen molar-refractivity contribution in [1.82, 2.24) is 15.2 Å². The number of anilines is 1. The molecule has 19 heavy (non-hydrogen) atoms. The molecule has 0 spiro atoms. The third-order valence-electron chi connectivity index (χ3n) is 2.78. The smallest absolute Gasteiger partial charge is 0.153 e. The number of aromatic amines is 1. The maximum absolute atomic E-state index is 13.3. The highest BCUT2D eigenvalue weighted by Crippen LogP contribution is 2.36. The number of nitrogens with one attached hydrogen (secondary N) is 1. The largest absolute Gasteiger partial charge is 0.382 e. The Bertz CT molecular complexity index is 732. The second-order valence-corrected chi connectivity index (χ2v) is 5.35. The van der Waals surface area contributed by atoms with Gasteiger partial charge in [-0.2, -0.15) is 5.10 Å². The Morgan fingerprint density at radius 2 is 2.21 bits per heavy atom. The van der Waals surface area contributed by atoms with Crippen LogP contribution in [0.4, 0.5) is 10.2 Å². The Balaban J connectivity index is 2.19. The first-order valence-corrected chi connectivity index (χ1v) is 6.49. The molecule has 3 rings (SSSR count). The lowest BCUT2D eigenvalue weighted by atomic mass is 10.0. The Morgan fingerprint density at radius 1 is 1.37 bits per heavy atom. The van der Waals surface area contributed by atoms with E-state index in [1.54, 1.807) is 12.3 Å². The zero-order valence-corrected chi connectivity index (χ0v) is 11.0. The first kappa shape index (κ1) is 11.9. The Labute approximate surface area is 113 Å². The Kier molecular flexibility index (Phi) is 2.79. The number of aromatic nitrogens is 3. The van der Waals surface area contributed by atoms with Crippen LogP contribution in [0.1, 0.15) is 5.01 Å². The van der Waals surface area contributed by atoms with Gasteiger partial charge in [-0.15, -0.1) is 11.3 Å². The zero-order valence-electron chi connectivity index (χ0n) is 10.1. The van der Waals surface area contributed by atoms with Crippen LogP contribution >= 0.6 is 11.3 Å². The molecule has 4 nitrogen and oxygen atoms in total. The average Bonchev–Trinajstić information content (AvgIpc) is 2.95. The normalized spacial score (nSPS) is 10.8. The van der Waals surface area contributed by atoms with Crippen molar-refractivity contribution in [2.75, 3.05) is 5.73 Å². The summed E-state index contributed by atoms with van der Waals surface area (Å²) < 4.78 is 13.3. The van der Waals surface area contributed by atoms with Crippen molar-refractivity contribution in [2.24, 2.45) is 0 Å². The molecule has 0 saturated heterocycles. The van der Waals surface area contributed by atoms with Gasteiger partial charge in [0, 0.05) is 6.20 Å². The van der Waals surface area contributed by atoms with Crippen LogP contribution in [-0.4, -0.2) is 15.2 Å². The molecule has 0 aliphatic rings. The lowest BCUT2D eigenvalue weighted by Crippen LogP contribution is -1.89. The van der Waals surface area contributed by atoms with Crippen LogP contribution in [0.15, 0.2) is 30.5 Å². The van der Waals surface area contributed by atoms with E-state index < -0.39 is 0 Å². The van der Waals surface area contributed by atoms with E-state index in [-0.39, 0.29) is 5.82 Å². The third-order valence-corrected chi connectivity index (χ3v) is 3.71. The monoisotopic (exact) mass is 274 g/mol. The van der Waals surface area contributed by atoms with Crippen LogP contribution in [-0.2, 0) is 0 Å². The van der Waals surface area contributed by atoms with Gasteiger partial charge in [0.05, 0.1) is 21.1 Å². The van der Waals surface area contributed by atoms with Gasteiger partial charge >= 0.3 is 0 Å². The number of hydrogen-bond acceptors (Lipinski definition) is 4. The fraction of sp³-hybridized carbons (Fsp3) is 0.0769. The molecule has 0 saturated carbocycles. The van der Waals surface area contributed by atoms with E-state index in [0.717, 1.165) is 15.6 Å². The summed E-state index contributed by atoms with van der Waals surface area (Å²) in [4.78, 5) is 5.14. The van der Waals surface area contributed by atoms with Gasteiger partial charge in [-0.1, -0.05) is 12.1 Å². The van der Waals surface area contributed by atoms with E-state index in [9.17, 15) is 4.39 Å². The summed E-state index contributed by atoms with van der Waals surface area (Å²) in [5, 5.41) is 7.86. The van der Waals surface area contributed by atoms with Gasteiger partial charge in [-0.3, -0.25) is 5.10 Å². The van der Waals surface area contributed by atoms with Crippen LogP contribution in [0.5, 0.6) is 0 Å². The highest BCUT2D eigenvalue weighted by atomic mass is 32.1. The molecule has 0 unspecified atom stereocenters. The average molecular weight is 274 g/mol. The van der Waals surface area contributed by atoms with Crippen molar-refractivity contribution in [3.8, 4) is 21.7 Å². The second-order valence-electron chi connectivity index (χ2n) is 4.11. The molecule has 1 aromatic carbocycles. The van der Waals surface area contributed by atoms with Crippen LogP contribution in [0.25, 0.3) is 21.7 Å². The van der Waals surface area contributed by atoms with Crippen molar-refractivity contribution in [2.45, 2.75) is 6.92 Å². The van der Waals surface area contributed by atoms with E-state index >= 15 is 0 Å². The van der Waals surface area contributed by atoms with Gasteiger partial charge in [-0.25, -0.2) is 9.37 Å². The van der Waals surface area contributed by atoms with Gasteiger partial charge in [0.1, 0.15) is 5.82 Å². The molecule has 0 aliphatic carbocycles. The predicted molar refractivity (Wildman–Crippen MR) is 74.2 cm³/mol. The molecular weight excluding hydrogens is 263 g/mol. The summed E-state index contributed by atoms with van der Waals surface area (Å²) in [5.74, 6) is 0.0520. The molecule has 6 heteroatoms. The molecule has 0 atom stereocenters. The zero-order chi connectivity index (χ0) is 13.4. The number of hydrogen-bond donors (Lipinski definition) is 2. The van der Waals surface area contributed by atoms with E-state index in [4.69, 9.17) is 5.73 Å². The van der Waals surface area contributed by atoms with Gasteiger partial charge in [0.25, 0.3) is 0 Å². The SMILES string of the molecule is Cc1ncc(-c2[nH]nc(N)c2-c2cccc(F)c2)s1. The first-order chi connectivity index (χ1) is 9.15. The van der Waals surface area contributed by atoms with Crippen LogP contribution in [0.2, 0.25) is 0 Å². The number of nitrogens with two attached hydrogens (primary N) is 1. The molecule has 2 heterocycles. The maximum Gasteiger partial charge on any atom is 0.153 e. The minimum Gasteiger partial charge on any atom is -0.382 e. The summed E-state index contributed by atoms with van der Waals surface area (Å²) in [5.41, 5.74) is 8.07. The topological polar surface area (TPSA) is 67.6 Å². The van der Waals surface area contributed by atoms with Crippen LogP contribution in [0, 0.1) is 12.7 Å². The minimum atomic E-state index is -0.301. The van der Waals surface area contributed by atoms with Crippen LogP contribution < -0.4 is 5.73 Å². The van der Waals surface area contributed by atoms with Crippen molar-refractivity contribution in [3.63, 3.8) is 0 Å². The highest BCUT2D eigenvalue weighted by Gasteiger charge is 2.16. The molecule has 0 amide bonds. The number of aryl methyl sites for hydroxylation is 1. The Hall–Kier alpha value is -2.21. The van der Waals surface area contributed by atoms with E-state index in [1.165, 1.54) is 23.5 Å². The molecule has 3 aromatic rings. The number of nitrogens with zero attached hydrogens (tertiary/aromatic N) is 2. The minimum absolute atomic E-state index is 0.301. The first-order valence-electron chi connectivity index (χ1n) is 5.67. The summed E-state index contributed by atoms with van der Waals surface area (Å²) in [6, 6.07) is 6.30. The molecule has 2 aromatic heterocycles. The third kappa shape index (κ3) is 2.10. The molecular formula is C13H11FN4S. The van der Waals surface area contributed by atoms with Crippen molar-refractivity contribution in [1.29, 1.82) is 0 Å². The molecule has 96 valence electrons. The standard InChI is InChI=1S/C13H11FN4S/c1-7-16-6-10(19-7)12-11(13(15)18-17-12)8-3-2-4-9(14)5-8/h2-6H,1H3,(H3,15,17,18). The summed E-state index contributed by atoms with van der Waals surface area (Å²) in [7, 11) is 0. The van der Waals surface area contributed by atoms with Gasteiger partial charge < -0.3 is 5.73 Å². The number of halogens is 1. The van der Waals surface area contributed by atoms with Crippen molar-refractivity contribution >= 4 is 17.2 Å². The predicted octanol–water partition coefficient (Wildman–Crippen LogP) is 3.23. The van der Waals surface area contributed by atoms with Gasteiger partial charge in [0.2, 0.25) is 0 Å². The van der Waals surface area contributed by atoms with E-state index in [2.05, 4.69) is 15.2 Å². The van der Waals surface area contributed by atoms with Crippen molar-refractivity contribution < 1.29 is 4.39 Å². The van der Waals surface area contributed by atoms with Gasteiger partial charge in [0.15, 0.2) is 5.82 Å². The maximum atomic E-state index is 13.3. The fourth-order valence-electron chi connectivity index (χ4n) is 1.95. The molecule has 3 N–H and O–H groups in total. The molecule has 0 radical (unpaired) electrons. The van der Waals surface area contributed by atoms with Crippen molar-refractivity contribution in [3.05, 3.63) is 41.3 Å². The summed E-state index contributed by atoms with van der Waals surface area (Å²) >= 11 is 1.54. The second kappa shape index (κ2) is 4.47. The lowest BCUT2D eigenvalue weighted by Gasteiger charge is -2.02. The quantitative estimate of drug-likeness (QED) is 0.754. The Morgan fingerprint density at radius 3 is 2.89 bits per heavy atom. The molecule has 0 fully saturated rings. The number of H-pyrrole nitrogens is 1. The van der Waals surface area contributed by atoms with E-state index in [1.807, 2.05) is 13.0 Å². The van der Waals surface area contributed by atoms with E-state index in [0.29, 0.717) is 16.9 Å². The number of benzene rings is 1. The lowest BCUT2D eigenvalue weighted by molar-refractivity contribution is 0.628.